The fourth-order valence-corrected chi connectivity index (χ4v) is 4.90. The van der Waals surface area contributed by atoms with E-state index in [1.54, 1.807) is 6.07 Å². The van der Waals surface area contributed by atoms with Crippen LogP contribution in [0, 0.1) is 16.7 Å². The summed E-state index contributed by atoms with van der Waals surface area (Å²) in [6.45, 7) is 3.72. The van der Waals surface area contributed by atoms with Crippen LogP contribution in [0.1, 0.15) is 43.7 Å². The second-order valence-corrected chi connectivity index (χ2v) is 9.43. The predicted molar refractivity (Wildman–Crippen MR) is 123 cm³/mol. The molecule has 0 unspecified atom stereocenters. The number of ketones is 1. The number of alkyl halides is 3. The van der Waals surface area contributed by atoms with E-state index in [0.29, 0.717) is 11.3 Å². The number of phenols is 1. The highest BCUT2D eigenvalue weighted by atomic mass is 19.4. The van der Waals surface area contributed by atoms with Gasteiger partial charge in [0.1, 0.15) is 5.82 Å². The van der Waals surface area contributed by atoms with Gasteiger partial charge in [-0.3, -0.25) is 9.69 Å². The molecule has 9 heteroatoms. The second kappa shape index (κ2) is 8.38. The van der Waals surface area contributed by atoms with Gasteiger partial charge in [0.05, 0.1) is 35.9 Å². The summed E-state index contributed by atoms with van der Waals surface area (Å²) in [7, 11) is 1.36. The highest BCUT2D eigenvalue weighted by molar-refractivity contribution is 6.01. The van der Waals surface area contributed by atoms with E-state index < -0.39 is 23.1 Å². The van der Waals surface area contributed by atoms with Crippen LogP contribution >= 0.6 is 0 Å². The van der Waals surface area contributed by atoms with E-state index in [1.165, 1.54) is 42.3 Å². The molecule has 0 radical (unpaired) electrons. The molecule has 2 aromatic carbocycles. The van der Waals surface area contributed by atoms with Crippen molar-refractivity contribution in [2.45, 2.75) is 38.8 Å². The first-order valence-corrected chi connectivity index (χ1v) is 10.9. The number of benzene rings is 2. The minimum absolute atomic E-state index is 0.0541. The Balaban J connectivity index is 2.05. The zero-order chi connectivity index (χ0) is 25.7. The maximum Gasteiger partial charge on any atom is 0.418 e. The molecule has 1 aliphatic heterocycles. The van der Waals surface area contributed by atoms with Gasteiger partial charge in [-0.1, -0.05) is 32.0 Å². The normalized spacial score (nSPS) is 20.0. The number of methoxy groups -OCH3 is 1. The smallest absolute Gasteiger partial charge is 0.418 e. The molecule has 0 amide bonds. The number of halogens is 3. The summed E-state index contributed by atoms with van der Waals surface area (Å²) in [5.74, 6) is -1.36. The average molecular weight is 483 g/mol. The fourth-order valence-electron chi connectivity index (χ4n) is 4.90. The fraction of sp³-hybridized carbons (Fsp3) is 0.308. The summed E-state index contributed by atoms with van der Waals surface area (Å²) < 4.78 is 47.1. The van der Waals surface area contributed by atoms with Crippen LogP contribution in [0.3, 0.4) is 0 Å². The van der Waals surface area contributed by atoms with Gasteiger partial charge in [0.2, 0.25) is 0 Å². The number of hydrogen-bond acceptors (Lipinski definition) is 6. The topological polar surface area (TPSA) is 99.6 Å². The Labute approximate surface area is 200 Å². The van der Waals surface area contributed by atoms with E-state index in [9.17, 15) is 28.3 Å². The molecule has 0 spiro atoms. The quantitative estimate of drug-likeness (QED) is 0.610. The maximum atomic E-state index is 14.0. The Bertz CT molecular complexity index is 1320. The zero-order valence-electron chi connectivity index (χ0n) is 19.4. The molecule has 0 bridgehead atoms. The van der Waals surface area contributed by atoms with Crippen LogP contribution in [0.2, 0.25) is 0 Å². The van der Waals surface area contributed by atoms with Gasteiger partial charge in [0.15, 0.2) is 17.3 Å². The predicted octanol–water partition coefficient (Wildman–Crippen LogP) is 5.36. The SMILES string of the molecule is COc1cc([C@@H]2C(C#N)=C(N)N(c3ccccc3C(F)(F)F)C3=C2C(=O)CC(C)(C)C3)ccc1O. The summed E-state index contributed by atoms with van der Waals surface area (Å²) in [6.07, 6.45) is -4.25. The van der Waals surface area contributed by atoms with Crippen LogP contribution in [0.4, 0.5) is 18.9 Å². The molecule has 1 heterocycles. The molecular formula is C26H24F3N3O3. The minimum Gasteiger partial charge on any atom is -0.504 e. The Morgan fingerprint density at radius 2 is 1.89 bits per heavy atom. The van der Waals surface area contributed by atoms with Crippen molar-refractivity contribution in [1.29, 1.82) is 5.26 Å². The van der Waals surface area contributed by atoms with Gasteiger partial charge >= 0.3 is 6.18 Å². The highest BCUT2D eigenvalue weighted by Crippen LogP contribution is 2.52. The zero-order valence-corrected chi connectivity index (χ0v) is 19.4. The van der Waals surface area contributed by atoms with E-state index in [0.717, 1.165) is 6.07 Å². The lowest BCUT2D eigenvalue weighted by molar-refractivity contribution is -0.137. The van der Waals surface area contributed by atoms with Crippen molar-refractivity contribution in [2.75, 3.05) is 12.0 Å². The third-order valence-corrected chi connectivity index (χ3v) is 6.37. The summed E-state index contributed by atoms with van der Waals surface area (Å²) in [4.78, 5) is 14.7. The molecule has 0 fully saturated rings. The summed E-state index contributed by atoms with van der Waals surface area (Å²) >= 11 is 0. The van der Waals surface area contributed by atoms with Crippen molar-refractivity contribution in [2.24, 2.45) is 11.1 Å². The molecule has 6 nitrogen and oxygen atoms in total. The number of aromatic hydroxyl groups is 1. The number of hydrogen-bond donors (Lipinski definition) is 2. The third-order valence-electron chi connectivity index (χ3n) is 6.37. The van der Waals surface area contributed by atoms with E-state index in [1.807, 2.05) is 19.9 Å². The van der Waals surface area contributed by atoms with Crippen LogP contribution < -0.4 is 15.4 Å². The lowest BCUT2D eigenvalue weighted by Crippen LogP contribution is -2.42. The van der Waals surface area contributed by atoms with Gasteiger partial charge in [-0.25, -0.2) is 0 Å². The van der Waals surface area contributed by atoms with Crippen molar-refractivity contribution in [3.05, 3.63) is 76.3 Å². The van der Waals surface area contributed by atoms with E-state index >= 15 is 0 Å². The molecular weight excluding hydrogens is 459 g/mol. The lowest BCUT2D eigenvalue weighted by Gasteiger charge is -2.44. The van der Waals surface area contributed by atoms with Crippen LogP contribution in [0.15, 0.2) is 65.1 Å². The van der Waals surface area contributed by atoms with Crippen LogP contribution in [0.25, 0.3) is 0 Å². The lowest BCUT2D eigenvalue weighted by atomic mass is 9.68. The number of nitrogens with two attached hydrogens (primary N) is 1. The number of anilines is 1. The average Bonchev–Trinajstić information content (AvgIpc) is 2.77. The molecule has 2 aromatic rings. The maximum absolute atomic E-state index is 14.0. The number of ether oxygens (including phenoxy) is 1. The minimum atomic E-state index is -4.68. The number of phenolic OH excluding ortho intramolecular Hbond substituents is 1. The molecule has 2 aliphatic rings. The molecule has 4 rings (SSSR count). The molecule has 1 aliphatic carbocycles. The van der Waals surface area contributed by atoms with Crippen molar-refractivity contribution >= 4 is 11.5 Å². The number of allylic oxidation sites excluding steroid dienone is 3. The first-order chi connectivity index (χ1) is 16.4. The van der Waals surface area contributed by atoms with Gasteiger partial charge in [-0.2, -0.15) is 18.4 Å². The Kier molecular flexibility index (Phi) is 5.79. The molecule has 0 saturated carbocycles. The number of carbonyl (C=O) groups is 1. The van der Waals surface area contributed by atoms with Crippen LogP contribution in [-0.4, -0.2) is 18.0 Å². The monoisotopic (exact) mass is 483 g/mol. The van der Waals surface area contributed by atoms with Gasteiger partial charge in [0.25, 0.3) is 0 Å². The number of rotatable bonds is 3. The highest BCUT2D eigenvalue weighted by Gasteiger charge is 2.46. The van der Waals surface area contributed by atoms with Crippen molar-refractivity contribution < 1.29 is 27.8 Å². The number of nitrogens with zero attached hydrogens (tertiary/aromatic N) is 2. The standard InChI is InChI=1S/C26H24F3N3O3/c1-25(2)11-18-23(20(34)12-25)22(14-8-9-19(33)21(10-14)35-3)15(13-30)24(31)32(18)17-7-5-4-6-16(17)26(27,28)29/h4-10,22,33H,11-12,31H2,1-3H3/t22-/m1/s1. The summed E-state index contributed by atoms with van der Waals surface area (Å²) in [5, 5.41) is 20.1. The summed E-state index contributed by atoms with van der Waals surface area (Å²) in [5.41, 5.74) is 5.69. The number of Topliss-reactive ketones (excluding diaryl/α,β-unsaturated/α-hetero) is 1. The Morgan fingerprint density at radius 1 is 1.20 bits per heavy atom. The van der Waals surface area contributed by atoms with Gasteiger partial charge < -0.3 is 15.6 Å². The van der Waals surface area contributed by atoms with Gasteiger partial charge in [-0.05, 0) is 41.7 Å². The molecule has 0 saturated heterocycles. The van der Waals surface area contributed by atoms with Gasteiger partial charge in [0, 0.05) is 17.7 Å². The molecule has 0 aromatic heterocycles. The van der Waals surface area contributed by atoms with E-state index in [4.69, 9.17) is 10.5 Å². The third kappa shape index (κ3) is 4.09. The molecule has 3 N–H and O–H groups in total. The number of carbonyl (C=O) groups excluding carboxylic acids is 1. The van der Waals surface area contributed by atoms with Crippen molar-refractivity contribution in [3.8, 4) is 17.6 Å². The molecule has 35 heavy (non-hydrogen) atoms. The van der Waals surface area contributed by atoms with E-state index in [2.05, 4.69) is 0 Å². The first kappa shape index (κ1) is 24.2. The molecule has 182 valence electrons. The van der Waals surface area contributed by atoms with Crippen molar-refractivity contribution in [3.63, 3.8) is 0 Å². The van der Waals surface area contributed by atoms with Crippen molar-refractivity contribution in [1.82, 2.24) is 0 Å². The van der Waals surface area contributed by atoms with Gasteiger partial charge in [-0.15, -0.1) is 0 Å². The largest absolute Gasteiger partial charge is 0.504 e. The first-order valence-electron chi connectivity index (χ1n) is 10.9. The Hall–Kier alpha value is -3.93. The van der Waals surface area contributed by atoms with E-state index in [-0.39, 0.29) is 52.8 Å². The summed E-state index contributed by atoms with van der Waals surface area (Å²) in [6, 6.07) is 11.4. The Morgan fingerprint density at radius 3 is 2.51 bits per heavy atom. The number of para-hydroxylation sites is 1. The second-order valence-electron chi connectivity index (χ2n) is 9.43. The van der Waals surface area contributed by atoms with Crippen LogP contribution in [-0.2, 0) is 11.0 Å². The molecule has 1 atom stereocenters. The number of nitriles is 1. The van der Waals surface area contributed by atoms with Crippen LogP contribution in [0.5, 0.6) is 11.5 Å².